The maximum atomic E-state index is 8.58. The summed E-state index contributed by atoms with van der Waals surface area (Å²) in [6, 6.07) is 10.7. The van der Waals surface area contributed by atoms with E-state index in [1.165, 1.54) is 18.5 Å². The van der Waals surface area contributed by atoms with Crippen molar-refractivity contribution < 1.29 is 0 Å². The lowest BCUT2D eigenvalue weighted by atomic mass is 9.97. The van der Waals surface area contributed by atoms with Gasteiger partial charge >= 0.3 is 0 Å². The minimum atomic E-state index is 0.519. The number of likely N-dealkylation sites (N-methyl/N-ethyl adjacent to an activating group) is 1. The molecular formula is C13H16N2. The summed E-state index contributed by atoms with van der Waals surface area (Å²) in [6.45, 7) is 2.36. The highest BCUT2D eigenvalue weighted by atomic mass is 15.1. The third-order valence-electron chi connectivity index (χ3n) is 3.13. The van der Waals surface area contributed by atoms with E-state index in [1.807, 2.05) is 0 Å². The van der Waals surface area contributed by atoms with Crippen molar-refractivity contribution >= 4 is 0 Å². The molecule has 1 aromatic rings. The zero-order chi connectivity index (χ0) is 10.7. The van der Waals surface area contributed by atoms with Crippen LogP contribution in [0.4, 0.5) is 0 Å². The van der Waals surface area contributed by atoms with Crippen LogP contribution in [0.2, 0.25) is 0 Å². The summed E-state index contributed by atoms with van der Waals surface area (Å²) in [4.78, 5) is 2.37. The third kappa shape index (κ3) is 2.37. The van der Waals surface area contributed by atoms with Crippen molar-refractivity contribution in [2.75, 3.05) is 20.1 Å². The highest BCUT2D eigenvalue weighted by Crippen LogP contribution is 2.26. The molecule has 2 rings (SSSR count). The molecule has 0 spiro atoms. The van der Waals surface area contributed by atoms with Crippen molar-refractivity contribution in [3.63, 3.8) is 0 Å². The Labute approximate surface area is 91.1 Å². The quantitative estimate of drug-likeness (QED) is 0.731. The zero-order valence-corrected chi connectivity index (χ0v) is 9.11. The van der Waals surface area contributed by atoms with Gasteiger partial charge in [-0.3, -0.25) is 0 Å². The zero-order valence-electron chi connectivity index (χ0n) is 9.11. The van der Waals surface area contributed by atoms with E-state index in [-0.39, 0.29) is 0 Å². The van der Waals surface area contributed by atoms with Crippen LogP contribution in [-0.4, -0.2) is 25.0 Å². The van der Waals surface area contributed by atoms with Gasteiger partial charge in [-0.25, -0.2) is 0 Å². The van der Waals surface area contributed by atoms with Gasteiger partial charge in [-0.05, 0) is 37.1 Å². The number of hydrogen-bond acceptors (Lipinski definition) is 2. The number of rotatable bonds is 2. The topological polar surface area (TPSA) is 27.0 Å². The van der Waals surface area contributed by atoms with Crippen molar-refractivity contribution in [3.05, 3.63) is 35.4 Å². The minimum Gasteiger partial charge on any atom is -0.306 e. The maximum absolute atomic E-state index is 8.58. The van der Waals surface area contributed by atoms with Crippen LogP contribution in [0, 0.1) is 11.3 Å². The Kier molecular flexibility index (Phi) is 3.03. The molecule has 1 fully saturated rings. The Morgan fingerprint density at radius 1 is 1.40 bits per heavy atom. The van der Waals surface area contributed by atoms with Crippen LogP contribution in [-0.2, 0) is 6.42 Å². The van der Waals surface area contributed by atoms with Crippen molar-refractivity contribution in [2.45, 2.75) is 18.8 Å². The molecule has 0 bridgehead atoms. The van der Waals surface area contributed by atoms with E-state index < -0.39 is 0 Å². The van der Waals surface area contributed by atoms with Gasteiger partial charge in [-0.15, -0.1) is 0 Å². The average molecular weight is 200 g/mol. The van der Waals surface area contributed by atoms with Gasteiger partial charge < -0.3 is 4.90 Å². The second-order valence-corrected chi connectivity index (χ2v) is 4.32. The minimum absolute atomic E-state index is 0.519. The first-order chi connectivity index (χ1) is 7.29. The first kappa shape index (κ1) is 10.2. The molecule has 0 N–H and O–H groups in total. The summed E-state index contributed by atoms with van der Waals surface area (Å²) < 4.78 is 0. The van der Waals surface area contributed by atoms with Crippen LogP contribution >= 0.6 is 0 Å². The highest BCUT2D eigenvalue weighted by Gasteiger charge is 2.20. The van der Waals surface area contributed by atoms with Gasteiger partial charge in [-0.2, -0.15) is 5.26 Å². The summed E-state index contributed by atoms with van der Waals surface area (Å²) in [5.74, 6) is 0.686. The standard InChI is InChI=1S/C13H16N2/c1-15-9-7-13(10-15)12-4-2-11(3-5-12)6-8-14/h2-5,13H,6-7,9-10H2,1H3. The molecule has 2 heteroatoms. The molecule has 0 radical (unpaired) electrons. The molecule has 78 valence electrons. The number of nitriles is 1. The summed E-state index contributed by atoms with van der Waals surface area (Å²) in [5.41, 5.74) is 2.54. The summed E-state index contributed by atoms with van der Waals surface area (Å²) in [6.07, 6.45) is 1.78. The lowest BCUT2D eigenvalue weighted by molar-refractivity contribution is 0.411. The van der Waals surface area contributed by atoms with E-state index in [2.05, 4.69) is 42.3 Å². The van der Waals surface area contributed by atoms with Gasteiger partial charge in [0, 0.05) is 6.54 Å². The van der Waals surface area contributed by atoms with Gasteiger partial charge in [0.25, 0.3) is 0 Å². The first-order valence-electron chi connectivity index (χ1n) is 5.44. The van der Waals surface area contributed by atoms with Crippen LogP contribution in [0.3, 0.4) is 0 Å². The maximum Gasteiger partial charge on any atom is 0.0669 e. The van der Waals surface area contributed by atoms with Crippen LogP contribution in [0.5, 0.6) is 0 Å². The predicted molar refractivity (Wildman–Crippen MR) is 60.6 cm³/mol. The van der Waals surface area contributed by atoms with E-state index in [1.54, 1.807) is 0 Å². The lowest BCUT2D eigenvalue weighted by Gasteiger charge is -2.10. The Bertz CT molecular complexity index is 361. The van der Waals surface area contributed by atoms with Crippen LogP contribution in [0.25, 0.3) is 0 Å². The van der Waals surface area contributed by atoms with Crippen LogP contribution in [0.1, 0.15) is 23.5 Å². The molecule has 0 aliphatic carbocycles. The van der Waals surface area contributed by atoms with E-state index in [4.69, 9.17) is 5.26 Å². The monoisotopic (exact) mass is 200 g/mol. The molecule has 1 saturated heterocycles. The van der Waals surface area contributed by atoms with Crippen molar-refractivity contribution in [2.24, 2.45) is 0 Å². The molecular weight excluding hydrogens is 184 g/mol. The smallest absolute Gasteiger partial charge is 0.0669 e. The van der Waals surface area contributed by atoms with E-state index in [0.717, 1.165) is 12.1 Å². The molecule has 1 atom stereocenters. The number of likely N-dealkylation sites (tertiary alicyclic amines) is 1. The fraction of sp³-hybridized carbons (Fsp3) is 0.462. The fourth-order valence-corrected chi connectivity index (χ4v) is 2.21. The molecule has 2 nitrogen and oxygen atoms in total. The van der Waals surface area contributed by atoms with Crippen molar-refractivity contribution in [1.29, 1.82) is 5.26 Å². The van der Waals surface area contributed by atoms with Gasteiger partial charge in [0.1, 0.15) is 0 Å². The second kappa shape index (κ2) is 4.46. The summed E-state index contributed by atoms with van der Waals surface area (Å²) in [7, 11) is 2.17. The lowest BCUT2D eigenvalue weighted by Crippen LogP contribution is -2.13. The largest absolute Gasteiger partial charge is 0.306 e. The SMILES string of the molecule is CN1CCC(c2ccc(CC#N)cc2)C1. The van der Waals surface area contributed by atoms with Crippen molar-refractivity contribution in [1.82, 2.24) is 4.90 Å². The van der Waals surface area contributed by atoms with Gasteiger partial charge in [-0.1, -0.05) is 24.3 Å². The fourth-order valence-electron chi connectivity index (χ4n) is 2.21. The number of nitrogens with zero attached hydrogens (tertiary/aromatic N) is 2. The van der Waals surface area contributed by atoms with E-state index >= 15 is 0 Å². The van der Waals surface area contributed by atoms with Gasteiger partial charge in [0.05, 0.1) is 12.5 Å². The van der Waals surface area contributed by atoms with Crippen LogP contribution in [0.15, 0.2) is 24.3 Å². The molecule has 1 heterocycles. The Morgan fingerprint density at radius 2 is 2.13 bits per heavy atom. The van der Waals surface area contributed by atoms with E-state index in [9.17, 15) is 0 Å². The molecule has 15 heavy (non-hydrogen) atoms. The summed E-state index contributed by atoms with van der Waals surface area (Å²) >= 11 is 0. The Hall–Kier alpha value is -1.33. The van der Waals surface area contributed by atoms with Crippen LogP contribution < -0.4 is 0 Å². The van der Waals surface area contributed by atoms with E-state index in [0.29, 0.717) is 12.3 Å². The molecule has 0 aromatic heterocycles. The third-order valence-corrected chi connectivity index (χ3v) is 3.13. The normalized spacial score (nSPS) is 21.5. The Balaban J connectivity index is 2.07. The second-order valence-electron chi connectivity index (χ2n) is 4.32. The average Bonchev–Trinajstić information content (AvgIpc) is 2.67. The first-order valence-corrected chi connectivity index (χ1v) is 5.44. The number of benzene rings is 1. The molecule has 1 aromatic carbocycles. The van der Waals surface area contributed by atoms with Crippen molar-refractivity contribution in [3.8, 4) is 6.07 Å². The predicted octanol–water partition coefficient (Wildman–Crippen LogP) is 2.17. The molecule has 0 saturated carbocycles. The highest BCUT2D eigenvalue weighted by molar-refractivity contribution is 5.27. The van der Waals surface area contributed by atoms with Gasteiger partial charge in [0.15, 0.2) is 0 Å². The Morgan fingerprint density at radius 3 is 2.67 bits per heavy atom. The molecule has 0 amide bonds. The molecule has 1 unspecified atom stereocenters. The molecule has 1 aliphatic rings. The molecule has 1 aliphatic heterocycles. The number of hydrogen-bond donors (Lipinski definition) is 0. The van der Waals surface area contributed by atoms with Gasteiger partial charge in [0.2, 0.25) is 0 Å². The summed E-state index contributed by atoms with van der Waals surface area (Å²) in [5, 5.41) is 8.58.